The predicted molar refractivity (Wildman–Crippen MR) is 82.7 cm³/mol. The normalized spacial score (nSPS) is 17.0. The molecule has 0 fully saturated rings. The van der Waals surface area contributed by atoms with Crippen molar-refractivity contribution in [2.24, 2.45) is 0 Å². The van der Waals surface area contributed by atoms with Crippen molar-refractivity contribution in [1.29, 1.82) is 0 Å². The van der Waals surface area contributed by atoms with Gasteiger partial charge in [0.15, 0.2) is 0 Å². The smallest absolute Gasteiger partial charge is 0.00965 e. The molecule has 0 bridgehead atoms. The fourth-order valence-electron chi connectivity index (χ4n) is 2.70. The summed E-state index contributed by atoms with van der Waals surface area (Å²) in [6.45, 7) is 11.5. The Morgan fingerprint density at radius 2 is 1.63 bits per heavy atom. The van der Waals surface area contributed by atoms with Gasteiger partial charge in [0.25, 0.3) is 0 Å². The Morgan fingerprint density at radius 1 is 1.05 bits per heavy atom. The van der Waals surface area contributed by atoms with E-state index in [1.807, 2.05) is 0 Å². The second-order valence-electron chi connectivity index (χ2n) is 6.64. The molecule has 0 aromatic heterocycles. The van der Waals surface area contributed by atoms with Crippen molar-refractivity contribution < 1.29 is 0 Å². The summed E-state index contributed by atoms with van der Waals surface area (Å²) >= 11 is 0. The van der Waals surface area contributed by atoms with Crippen LogP contribution < -0.4 is 5.32 Å². The highest BCUT2D eigenvalue weighted by molar-refractivity contribution is 5.28. The van der Waals surface area contributed by atoms with E-state index in [-0.39, 0.29) is 5.54 Å². The zero-order valence-electron chi connectivity index (χ0n) is 12.7. The summed E-state index contributed by atoms with van der Waals surface area (Å²) in [4.78, 5) is 2.62. The molecule has 0 spiro atoms. The van der Waals surface area contributed by atoms with Crippen LogP contribution in [0.4, 0.5) is 0 Å². The quantitative estimate of drug-likeness (QED) is 0.838. The minimum atomic E-state index is 0.245. The summed E-state index contributed by atoms with van der Waals surface area (Å²) in [6, 6.07) is 8.92. The monoisotopic (exact) mass is 260 g/mol. The second-order valence-corrected chi connectivity index (χ2v) is 6.64. The maximum absolute atomic E-state index is 3.57. The van der Waals surface area contributed by atoms with E-state index in [0.29, 0.717) is 0 Å². The Labute approximate surface area is 118 Å². The maximum Gasteiger partial charge on any atom is 0.00965 e. The Balaban J connectivity index is 1.73. The lowest BCUT2D eigenvalue weighted by molar-refractivity contribution is 0.276. The average molecular weight is 260 g/mol. The minimum Gasteiger partial charge on any atom is -0.312 e. The molecule has 0 radical (unpaired) electrons. The van der Waals surface area contributed by atoms with Gasteiger partial charge in [-0.15, -0.1) is 0 Å². The van der Waals surface area contributed by atoms with E-state index < -0.39 is 0 Å². The third kappa shape index (κ3) is 4.96. The van der Waals surface area contributed by atoms with Crippen molar-refractivity contribution in [2.75, 3.05) is 26.2 Å². The molecular weight excluding hydrogens is 232 g/mol. The van der Waals surface area contributed by atoms with Gasteiger partial charge in [0.1, 0.15) is 0 Å². The molecule has 1 N–H and O–H groups in total. The molecule has 2 nitrogen and oxygen atoms in total. The van der Waals surface area contributed by atoms with Crippen LogP contribution in [-0.2, 0) is 12.8 Å². The minimum absolute atomic E-state index is 0.245. The second kappa shape index (κ2) is 6.53. The molecule has 106 valence electrons. The van der Waals surface area contributed by atoms with E-state index in [9.17, 15) is 0 Å². The number of fused-ring (bicyclic) bond motifs is 1. The van der Waals surface area contributed by atoms with Gasteiger partial charge in [-0.1, -0.05) is 24.3 Å². The number of rotatable bonds is 4. The molecular formula is C17H28N2. The molecule has 0 amide bonds. The summed E-state index contributed by atoms with van der Waals surface area (Å²) in [5.74, 6) is 0. The first-order valence-corrected chi connectivity index (χ1v) is 7.59. The van der Waals surface area contributed by atoms with E-state index in [1.165, 1.54) is 38.9 Å². The van der Waals surface area contributed by atoms with Gasteiger partial charge in [-0.3, -0.25) is 0 Å². The number of hydrogen-bond donors (Lipinski definition) is 1. The van der Waals surface area contributed by atoms with Crippen LogP contribution in [0.3, 0.4) is 0 Å². The van der Waals surface area contributed by atoms with Gasteiger partial charge in [-0.2, -0.15) is 0 Å². The van der Waals surface area contributed by atoms with Crippen molar-refractivity contribution in [3.63, 3.8) is 0 Å². The Bertz CT molecular complexity index is 365. The van der Waals surface area contributed by atoms with Crippen LogP contribution in [0, 0.1) is 0 Å². The van der Waals surface area contributed by atoms with Crippen molar-refractivity contribution >= 4 is 0 Å². The summed E-state index contributed by atoms with van der Waals surface area (Å²) in [5, 5.41) is 3.57. The van der Waals surface area contributed by atoms with Crippen LogP contribution >= 0.6 is 0 Å². The molecule has 2 heteroatoms. The fraction of sp³-hybridized carbons (Fsp3) is 0.647. The standard InChI is InChI=1S/C17H28N2/c1-17(2,3)18-11-6-12-19-13-9-15-7-4-5-8-16(15)10-14-19/h4-5,7-8,18H,6,9-14H2,1-3H3. The molecule has 0 saturated heterocycles. The van der Waals surface area contributed by atoms with Gasteiger partial charge in [-0.05, 0) is 64.3 Å². The zero-order valence-corrected chi connectivity index (χ0v) is 12.7. The van der Waals surface area contributed by atoms with Crippen LogP contribution in [0.15, 0.2) is 24.3 Å². The average Bonchev–Trinajstić information content (AvgIpc) is 2.56. The first-order valence-electron chi connectivity index (χ1n) is 7.59. The van der Waals surface area contributed by atoms with E-state index in [0.717, 1.165) is 6.54 Å². The molecule has 1 aromatic rings. The van der Waals surface area contributed by atoms with Crippen molar-refractivity contribution in [3.8, 4) is 0 Å². The van der Waals surface area contributed by atoms with E-state index >= 15 is 0 Å². The molecule has 1 heterocycles. The van der Waals surface area contributed by atoms with E-state index in [4.69, 9.17) is 0 Å². The lowest BCUT2D eigenvalue weighted by atomic mass is 10.0. The van der Waals surface area contributed by atoms with Gasteiger partial charge >= 0.3 is 0 Å². The van der Waals surface area contributed by atoms with Crippen molar-refractivity contribution in [3.05, 3.63) is 35.4 Å². The van der Waals surface area contributed by atoms with Crippen LogP contribution in [0.5, 0.6) is 0 Å². The van der Waals surface area contributed by atoms with Crippen molar-refractivity contribution in [1.82, 2.24) is 10.2 Å². The number of hydrogen-bond acceptors (Lipinski definition) is 2. The van der Waals surface area contributed by atoms with E-state index in [1.54, 1.807) is 11.1 Å². The third-order valence-electron chi connectivity index (χ3n) is 3.82. The predicted octanol–water partition coefficient (Wildman–Crippen LogP) is 2.87. The zero-order chi connectivity index (χ0) is 13.7. The summed E-state index contributed by atoms with van der Waals surface area (Å²) in [6.07, 6.45) is 3.67. The molecule has 19 heavy (non-hydrogen) atoms. The molecule has 1 aromatic carbocycles. The van der Waals surface area contributed by atoms with Gasteiger partial charge in [0.05, 0.1) is 0 Å². The highest BCUT2D eigenvalue weighted by Gasteiger charge is 2.13. The van der Waals surface area contributed by atoms with Gasteiger partial charge in [-0.25, -0.2) is 0 Å². The van der Waals surface area contributed by atoms with Crippen LogP contribution in [-0.4, -0.2) is 36.6 Å². The van der Waals surface area contributed by atoms with Crippen LogP contribution in [0.25, 0.3) is 0 Å². The van der Waals surface area contributed by atoms with Gasteiger partial charge in [0.2, 0.25) is 0 Å². The lowest BCUT2D eigenvalue weighted by Crippen LogP contribution is -2.38. The number of nitrogens with zero attached hydrogens (tertiary/aromatic N) is 1. The Hall–Kier alpha value is -0.860. The first-order chi connectivity index (χ1) is 9.04. The van der Waals surface area contributed by atoms with Crippen LogP contribution in [0.2, 0.25) is 0 Å². The van der Waals surface area contributed by atoms with Gasteiger partial charge < -0.3 is 10.2 Å². The summed E-state index contributed by atoms with van der Waals surface area (Å²) in [5.41, 5.74) is 3.35. The maximum atomic E-state index is 3.57. The Kier molecular flexibility index (Phi) is 5.00. The highest BCUT2D eigenvalue weighted by Crippen LogP contribution is 2.15. The van der Waals surface area contributed by atoms with Gasteiger partial charge in [0, 0.05) is 18.6 Å². The molecule has 0 atom stereocenters. The summed E-state index contributed by atoms with van der Waals surface area (Å²) in [7, 11) is 0. The SMILES string of the molecule is CC(C)(C)NCCCN1CCc2ccccc2CC1. The fourth-order valence-corrected chi connectivity index (χ4v) is 2.70. The molecule has 0 unspecified atom stereocenters. The summed E-state index contributed by atoms with van der Waals surface area (Å²) < 4.78 is 0. The first kappa shape index (κ1) is 14.5. The molecule has 0 aliphatic carbocycles. The third-order valence-corrected chi connectivity index (χ3v) is 3.82. The van der Waals surface area contributed by atoms with E-state index in [2.05, 4.69) is 55.3 Å². The Morgan fingerprint density at radius 3 is 2.16 bits per heavy atom. The molecule has 1 aliphatic rings. The molecule has 1 aliphatic heterocycles. The largest absolute Gasteiger partial charge is 0.312 e. The van der Waals surface area contributed by atoms with Crippen LogP contribution in [0.1, 0.15) is 38.3 Å². The highest BCUT2D eigenvalue weighted by atomic mass is 15.1. The molecule has 2 rings (SSSR count). The number of benzene rings is 1. The molecule has 0 saturated carbocycles. The number of nitrogens with one attached hydrogen (secondary N) is 1. The van der Waals surface area contributed by atoms with Crippen molar-refractivity contribution in [2.45, 2.75) is 45.6 Å². The topological polar surface area (TPSA) is 15.3 Å². The lowest BCUT2D eigenvalue weighted by Gasteiger charge is -2.23.